The van der Waals surface area contributed by atoms with Crippen LogP contribution in [0.5, 0.6) is 0 Å². The highest BCUT2D eigenvalue weighted by atomic mass is 32.1. The maximum Gasteiger partial charge on any atom is 0.365 e. The summed E-state index contributed by atoms with van der Waals surface area (Å²) in [6, 6.07) is 0. The van der Waals surface area contributed by atoms with E-state index in [9.17, 15) is 4.79 Å². The first-order valence-electron chi connectivity index (χ1n) is 4.39. The van der Waals surface area contributed by atoms with Crippen molar-refractivity contribution in [3.63, 3.8) is 0 Å². The number of hydrogen-bond acceptors (Lipinski definition) is 7. The zero-order chi connectivity index (χ0) is 11.4. The molecule has 16 heavy (non-hydrogen) atoms. The van der Waals surface area contributed by atoms with Crippen LogP contribution in [-0.4, -0.2) is 26.2 Å². The molecule has 0 radical (unpaired) electrons. The van der Waals surface area contributed by atoms with E-state index in [1.807, 2.05) is 0 Å². The third-order valence-electron chi connectivity index (χ3n) is 1.73. The van der Waals surface area contributed by atoms with Gasteiger partial charge in [-0.1, -0.05) is 5.16 Å². The van der Waals surface area contributed by atoms with Gasteiger partial charge in [0, 0.05) is 11.9 Å². The van der Waals surface area contributed by atoms with Crippen molar-refractivity contribution in [2.24, 2.45) is 0 Å². The van der Waals surface area contributed by atoms with Crippen molar-refractivity contribution >= 4 is 17.3 Å². The van der Waals surface area contributed by atoms with Gasteiger partial charge in [0.15, 0.2) is 5.82 Å². The van der Waals surface area contributed by atoms with Crippen LogP contribution in [0, 0.1) is 0 Å². The summed E-state index contributed by atoms with van der Waals surface area (Å²) in [5, 5.41) is 17.1. The molecule has 0 saturated carbocycles. The number of nitrogens with zero attached hydrogens (tertiary/aromatic N) is 3. The molecule has 0 atom stereocenters. The molecule has 0 aromatic carbocycles. The molecule has 0 bridgehead atoms. The van der Waals surface area contributed by atoms with Crippen molar-refractivity contribution in [2.75, 3.05) is 0 Å². The Morgan fingerprint density at radius 1 is 1.56 bits per heavy atom. The molecule has 0 unspecified atom stereocenters. The summed E-state index contributed by atoms with van der Waals surface area (Å²) in [6.07, 6.45) is 1.25. The number of nitrogens with one attached hydrogen (secondary N) is 1. The zero-order valence-corrected chi connectivity index (χ0v) is 8.90. The Bertz CT molecular complexity index is 467. The fourth-order valence-corrected chi connectivity index (χ4v) is 1.71. The quantitative estimate of drug-likeness (QED) is 0.785. The van der Waals surface area contributed by atoms with Crippen LogP contribution in [0.15, 0.2) is 16.3 Å². The fraction of sp³-hybridized carbons (Fsp3) is 0.250. The number of carbonyl (C=O) groups is 1. The van der Waals surface area contributed by atoms with Crippen molar-refractivity contribution in [3.8, 4) is 0 Å². The molecule has 2 heterocycles. The van der Waals surface area contributed by atoms with Crippen molar-refractivity contribution in [3.05, 3.63) is 28.3 Å². The summed E-state index contributed by atoms with van der Waals surface area (Å²) >= 11 is 1.11. The average molecular weight is 240 g/mol. The van der Waals surface area contributed by atoms with Gasteiger partial charge in [0.05, 0.1) is 12.2 Å². The van der Waals surface area contributed by atoms with E-state index in [4.69, 9.17) is 5.11 Å². The molecule has 7 nitrogen and oxygen atoms in total. The first-order valence-corrected chi connectivity index (χ1v) is 5.27. The second-order valence-corrected chi connectivity index (χ2v) is 3.76. The van der Waals surface area contributed by atoms with Crippen LogP contribution in [0.3, 0.4) is 0 Å². The van der Waals surface area contributed by atoms with E-state index in [2.05, 4.69) is 25.0 Å². The second kappa shape index (κ2) is 4.81. The van der Waals surface area contributed by atoms with Crippen LogP contribution in [0.2, 0.25) is 0 Å². The molecule has 0 aliphatic heterocycles. The Morgan fingerprint density at radius 2 is 2.44 bits per heavy atom. The molecular formula is C8H8N4O3S. The summed E-state index contributed by atoms with van der Waals surface area (Å²) in [4.78, 5) is 18.3. The third-order valence-corrected chi connectivity index (χ3v) is 2.61. The van der Waals surface area contributed by atoms with Gasteiger partial charge in [0.1, 0.15) is 0 Å². The summed E-state index contributed by atoms with van der Waals surface area (Å²) in [5.74, 6) is -0.455. The van der Waals surface area contributed by atoms with E-state index in [0.29, 0.717) is 24.6 Å². The number of aromatic carboxylic acids is 1. The summed E-state index contributed by atoms with van der Waals surface area (Å²) in [7, 11) is 0. The first kappa shape index (κ1) is 10.7. The number of thiazole rings is 1. The first-order chi connectivity index (χ1) is 7.75. The Labute approximate surface area is 94.1 Å². The Hall–Kier alpha value is -1.80. The molecule has 0 fully saturated rings. The lowest BCUT2D eigenvalue weighted by Gasteiger charge is -1.97. The number of hydrogen-bond donors (Lipinski definition) is 2. The topological polar surface area (TPSA) is 101 Å². The van der Waals surface area contributed by atoms with E-state index in [0.717, 1.165) is 11.3 Å². The highest BCUT2D eigenvalue weighted by molar-refractivity contribution is 7.11. The average Bonchev–Trinajstić information content (AvgIpc) is 2.87. The number of carboxylic acid groups (broad SMARTS) is 1. The third kappa shape index (κ3) is 2.61. The molecule has 2 aromatic heterocycles. The zero-order valence-electron chi connectivity index (χ0n) is 8.08. The minimum atomic E-state index is -1.01. The smallest absolute Gasteiger partial charge is 0.365 e. The minimum absolute atomic E-state index is 0.0939. The molecular weight excluding hydrogens is 232 g/mol. The highest BCUT2D eigenvalue weighted by Gasteiger charge is 2.08. The van der Waals surface area contributed by atoms with Crippen LogP contribution in [0.4, 0.5) is 0 Å². The van der Waals surface area contributed by atoms with Gasteiger partial charge in [-0.2, -0.15) is 4.98 Å². The van der Waals surface area contributed by atoms with E-state index in [1.54, 1.807) is 5.38 Å². The summed E-state index contributed by atoms with van der Waals surface area (Å²) in [5.41, 5.74) is 0.686. The van der Waals surface area contributed by atoms with Crippen molar-refractivity contribution in [2.45, 2.75) is 13.1 Å². The maximum absolute atomic E-state index is 10.6. The van der Waals surface area contributed by atoms with Crippen LogP contribution in [0.25, 0.3) is 0 Å². The monoisotopic (exact) mass is 240 g/mol. The van der Waals surface area contributed by atoms with Gasteiger partial charge < -0.3 is 14.9 Å². The van der Waals surface area contributed by atoms with Gasteiger partial charge in [-0.05, 0) is 0 Å². The van der Waals surface area contributed by atoms with Gasteiger partial charge in [0.2, 0.25) is 11.4 Å². The van der Waals surface area contributed by atoms with Gasteiger partial charge in [-0.3, -0.25) is 0 Å². The molecule has 2 rings (SSSR count). The molecule has 8 heteroatoms. The van der Waals surface area contributed by atoms with Gasteiger partial charge in [0.25, 0.3) is 0 Å². The van der Waals surface area contributed by atoms with E-state index in [1.165, 1.54) is 6.39 Å². The lowest BCUT2D eigenvalue weighted by molar-refractivity contribution is 0.0696. The Kier molecular flexibility index (Phi) is 3.22. The molecule has 0 aliphatic rings. The Morgan fingerprint density at radius 3 is 3.06 bits per heavy atom. The van der Waals surface area contributed by atoms with Crippen LogP contribution in [0.1, 0.15) is 21.3 Å². The number of rotatable bonds is 5. The number of carboxylic acids is 1. The summed E-state index contributed by atoms with van der Waals surface area (Å²) < 4.78 is 4.56. The summed E-state index contributed by atoms with van der Waals surface area (Å²) in [6.45, 7) is 0.925. The highest BCUT2D eigenvalue weighted by Crippen LogP contribution is 2.09. The van der Waals surface area contributed by atoms with Gasteiger partial charge >= 0.3 is 5.97 Å². The lowest BCUT2D eigenvalue weighted by Crippen LogP contribution is -2.14. The van der Waals surface area contributed by atoms with Crippen molar-refractivity contribution in [1.82, 2.24) is 20.4 Å². The van der Waals surface area contributed by atoms with Crippen LogP contribution >= 0.6 is 11.3 Å². The predicted octanol–water partition coefficient (Wildman–Crippen LogP) is 0.514. The Balaban J connectivity index is 1.83. The standard InChI is InChI=1S/C8H8N4O3S/c13-8(14)7-11-5(3-16-7)1-9-2-6-10-4-15-12-6/h3-4,9H,1-2H2,(H,13,14). The lowest BCUT2D eigenvalue weighted by atomic mass is 10.4. The molecule has 0 spiro atoms. The van der Waals surface area contributed by atoms with Crippen LogP contribution < -0.4 is 5.32 Å². The predicted molar refractivity (Wildman–Crippen MR) is 53.9 cm³/mol. The largest absolute Gasteiger partial charge is 0.476 e. The van der Waals surface area contributed by atoms with Crippen molar-refractivity contribution in [1.29, 1.82) is 0 Å². The minimum Gasteiger partial charge on any atom is -0.476 e. The molecule has 0 saturated heterocycles. The van der Waals surface area contributed by atoms with Crippen LogP contribution in [-0.2, 0) is 13.1 Å². The molecule has 84 valence electrons. The van der Waals surface area contributed by atoms with E-state index in [-0.39, 0.29) is 5.01 Å². The van der Waals surface area contributed by atoms with E-state index >= 15 is 0 Å². The molecule has 0 amide bonds. The van der Waals surface area contributed by atoms with E-state index < -0.39 is 5.97 Å². The molecule has 0 aliphatic carbocycles. The maximum atomic E-state index is 10.6. The molecule has 2 aromatic rings. The molecule has 2 N–H and O–H groups in total. The second-order valence-electron chi connectivity index (χ2n) is 2.90. The normalized spacial score (nSPS) is 10.5. The number of aromatic nitrogens is 3. The fourth-order valence-electron chi connectivity index (χ4n) is 1.06. The SMILES string of the molecule is O=C(O)c1nc(CNCc2ncon2)cs1. The van der Waals surface area contributed by atoms with Crippen molar-refractivity contribution < 1.29 is 14.4 Å². The van der Waals surface area contributed by atoms with Gasteiger partial charge in [-0.25, -0.2) is 9.78 Å². The van der Waals surface area contributed by atoms with Gasteiger partial charge in [-0.15, -0.1) is 11.3 Å².